The molecule has 3 amide bonds. The highest BCUT2D eigenvalue weighted by Crippen LogP contribution is 2.34. The number of nitrogens with one attached hydrogen (secondary N) is 6. The number of nitrogens with zero attached hydrogens (tertiary/aromatic N) is 6. The maximum Gasteiger partial charge on any atom is 0.280 e. The summed E-state index contributed by atoms with van der Waals surface area (Å²) in [5.41, 5.74) is 1.06. The van der Waals surface area contributed by atoms with Crippen LogP contribution < -0.4 is 30.1 Å². The number of halogens is 6. The first-order valence-corrected chi connectivity index (χ1v) is 34.1. The molecule has 6 heterocycles. The van der Waals surface area contributed by atoms with Crippen molar-refractivity contribution in [1.82, 2.24) is 42.0 Å². The first-order chi connectivity index (χ1) is 39.9. The molecule has 6 aromatic rings. The lowest BCUT2D eigenvalue weighted by atomic mass is 10.1. The Morgan fingerprint density at radius 1 is 0.512 bits per heavy atom. The zero-order chi connectivity index (χ0) is 60.9. The fourth-order valence-corrected chi connectivity index (χ4v) is 16.6. The van der Waals surface area contributed by atoms with Crippen molar-refractivity contribution in [1.29, 1.82) is 0 Å². The summed E-state index contributed by atoms with van der Waals surface area (Å²) in [6, 6.07) is 7.35. The van der Waals surface area contributed by atoms with Gasteiger partial charge in [-0.3, -0.25) is 14.4 Å². The Balaban J connectivity index is 0.000000181. The smallest absolute Gasteiger partial charge is 0.280 e. The second-order valence-corrected chi connectivity index (χ2v) is 28.4. The number of carbonyl (C=O) groups excluding carboxylic acids is 3. The summed E-state index contributed by atoms with van der Waals surface area (Å²) >= 11 is 13.1. The van der Waals surface area contributed by atoms with Gasteiger partial charge in [-0.2, -0.15) is 52.3 Å². The predicted octanol–water partition coefficient (Wildman–Crippen LogP) is 6.84. The average Bonchev–Trinajstić information content (AvgIpc) is 3.72. The van der Waals surface area contributed by atoms with Crippen molar-refractivity contribution in [3.05, 3.63) is 135 Å². The minimum absolute atomic E-state index is 0.0155. The molecule has 84 heavy (non-hydrogen) atoms. The Kier molecular flexibility index (Phi) is 24.4. The molecule has 3 aromatic heterocycles. The quantitative estimate of drug-likeness (QED) is 0.0513. The molecule has 24 nitrogen and oxygen atoms in total. The van der Waals surface area contributed by atoms with Crippen molar-refractivity contribution >= 4 is 147 Å². The molecule has 6 N–H and O–H groups in total. The number of benzene rings is 3. The molecule has 3 saturated heterocycles. The lowest BCUT2D eigenvalue weighted by Crippen LogP contribution is -2.58. The number of methoxy groups -OCH3 is 3. The van der Waals surface area contributed by atoms with E-state index in [0.29, 0.717) is 32.1 Å². The molecule has 2 unspecified atom stereocenters. The minimum atomic E-state index is -3.93. The van der Waals surface area contributed by atoms with E-state index in [1.807, 2.05) is 0 Å². The molecule has 456 valence electrons. The molecule has 0 bridgehead atoms. The van der Waals surface area contributed by atoms with Crippen molar-refractivity contribution < 1.29 is 67.0 Å². The van der Waals surface area contributed by atoms with Crippen LogP contribution in [0, 0.1) is 17.5 Å². The van der Waals surface area contributed by atoms with E-state index in [4.69, 9.17) is 14.2 Å². The summed E-state index contributed by atoms with van der Waals surface area (Å²) in [6.07, 6.45) is 5.34. The number of amides is 3. The van der Waals surface area contributed by atoms with Crippen LogP contribution in [0.3, 0.4) is 0 Å². The normalized spacial score (nSPS) is 22.1. The fraction of sp³-hybridized carbons (Fsp3) is 0.375. The van der Waals surface area contributed by atoms with Gasteiger partial charge in [-0.05, 0) is 122 Å². The lowest BCUT2D eigenvalue weighted by molar-refractivity contribution is -0.121. The van der Waals surface area contributed by atoms with E-state index in [1.54, 1.807) is 34.7 Å². The van der Waals surface area contributed by atoms with Crippen LogP contribution in [0.2, 0.25) is 0 Å². The number of carbonyl (C=O) groups is 3. The Labute approximate surface area is 519 Å². The topological polar surface area (TPSA) is 302 Å². The predicted molar refractivity (Wildman–Crippen MR) is 320 cm³/mol. The van der Waals surface area contributed by atoms with Gasteiger partial charge in [0.1, 0.15) is 50.6 Å². The number of hydrogen-bond donors (Lipinski definition) is 6. The van der Waals surface area contributed by atoms with Gasteiger partial charge in [-0.15, -0.1) is 34.0 Å². The molecule has 0 saturated carbocycles. The summed E-state index contributed by atoms with van der Waals surface area (Å²) < 4.78 is 143. The van der Waals surface area contributed by atoms with E-state index in [0.717, 1.165) is 12.9 Å². The van der Waals surface area contributed by atoms with Crippen LogP contribution in [-0.4, -0.2) is 150 Å². The minimum Gasteiger partial charge on any atom is -0.383 e. The number of rotatable bonds is 18. The molecule has 3 fully saturated rings. The Morgan fingerprint density at radius 2 is 0.774 bits per heavy atom. The molecular formula is C48H54Br3F3N12O12S6. The summed E-state index contributed by atoms with van der Waals surface area (Å²) in [7, 11) is -7.44. The van der Waals surface area contributed by atoms with Gasteiger partial charge in [0.25, 0.3) is 30.6 Å². The van der Waals surface area contributed by atoms with Crippen LogP contribution in [0.15, 0.2) is 103 Å². The van der Waals surface area contributed by atoms with E-state index in [-0.39, 0.29) is 72.1 Å². The van der Waals surface area contributed by atoms with E-state index < -0.39 is 102 Å². The number of aromatic nitrogens is 3. The second-order valence-electron chi connectivity index (χ2n) is 18.1. The summed E-state index contributed by atoms with van der Waals surface area (Å²) in [5, 5.41) is 15.0. The molecule has 0 aliphatic carbocycles. The largest absolute Gasteiger partial charge is 0.383 e. The summed E-state index contributed by atoms with van der Waals surface area (Å²) in [6.45, 7) is 0.447. The zero-order valence-corrected chi connectivity index (χ0v) is 53.9. The molecule has 9 rings (SSSR count). The van der Waals surface area contributed by atoms with Crippen LogP contribution in [0.4, 0.5) is 30.2 Å². The SMILES string of the molecule is COCCN1C(C(=O)Nc2ccc(F)c(Br)c2)CC(c2nccs2)NS1(=O)=O.COCCN1[C@@H](C(=O)Nc2ccc(F)c(Br)c2)C[C@@H](c2nccs2)NS1(=O)=O.COCCN1[C@H](C(=O)Nc2ccc(F)c(Br)c2)C[C@H](c2nccs2)NS1(=O)=O. The van der Waals surface area contributed by atoms with Crippen molar-refractivity contribution in [2.75, 3.05) is 76.7 Å². The molecular weight excluding hydrogens is 1430 g/mol. The van der Waals surface area contributed by atoms with Crippen LogP contribution in [0.1, 0.15) is 52.4 Å². The summed E-state index contributed by atoms with van der Waals surface area (Å²) in [5.74, 6) is -2.93. The highest BCUT2D eigenvalue weighted by Gasteiger charge is 2.46. The maximum atomic E-state index is 13.4. The van der Waals surface area contributed by atoms with Gasteiger partial charge in [0.2, 0.25) is 17.7 Å². The van der Waals surface area contributed by atoms with E-state index >= 15 is 0 Å². The van der Waals surface area contributed by atoms with E-state index in [1.165, 1.54) is 110 Å². The Hall–Kier alpha value is -4.32. The molecule has 3 aliphatic rings. The highest BCUT2D eigenvalue weighted by atomic mass is 79.9. The van der Waals surface area contributed by atoms with E-state index in [2.05, 4.69) is 92.9 Å². The third kappa shape index (κ3) is 17.7. The van der Waals surface area contributed by atoms with Gasteiger partial charge in [0.15, 0.2) is 0 Å². The van der Waals surface area contributed by atoms with Gasteiger partial charge in [0.05, 0.1) is 51.4 Å². The Morgan fingerprint density at radius 3 is 0.988 bits per heavy atom. The van der Waals surface area contributed by atoms with Crippen molar-refractivity contribution in [3.8, 4) is 0 Å². The molecule has 3 aliphatic heterocycles. The highest BCUT2D eigenvalue weighted by molar-refractivity contribution is 9.11. The maximum absolute atomic E-state index is 13.4. The summed E-state index contributed by atoms with van der Waals surface area (Å²) in [4.78, 5) is 51.3. The first-order valence-electron chi connectivity index (χ1n) is 24.7. The zero-order valence-electron chi connectivity index (χ0n) is 44.3. The lowest BCUT2D eigenvalue weighted by Gasteiger charge is -2.37. The van der Waals surface area contributed by atoms with Gasteiger partial charge < -0.3 is 30.2 Å². The van der Waals surface area contributed by atoms with Crippen molar-refractivity contribution in [2.24, 2.45) is 0 Å². The first kappa shape index (κ1) is 67.2. The Bertz CT molecular complexity index is 3190. The van der Waals surface area contributed by atoms with E-state index in [9.17, 15) is 52.8 Å². The van der Waals surface area contributed by atoms with Crippen molar-refractivity contribution in [3.63, 3.8) is 0 Å². The van der Waals surface area contributed by atoms with Gasteiger partial charge in [-0.25, -0.2) is 28.1 Å². The van der Waals surface area contributed by atoms with Crippen molar-refractivity contribution in [2.45, 2.75) is 55.5 Å². The molecule has 6 atom stereocenters. The third-order valence-electron chi connectivity index (χ3n) is 12.5. The fourth-order valence-electron chi connectivity index (χ4n) is 8.57. The van der Waals surface area contributed by atoms with Crippen LogP contribution in [0.25, 0.3) is 0 Å². The second kappa shape index (κ2) is 30.5. The molecule has 0 spiro atoms. The van der Waals surface area contributed by atoms with Crippen LogP contribution in [-0.2, 0) is 59.2 Å². The molecule has 3 aromatic carbocycles. The monoisotopic (exact) mass is 1480 g/mol. The number of hydrogen-bond acceptors (Lipinski definition) is 18. The van der Waals surface area contributed by atoms with Crippen LogP contribution in [0.5, 0.6) is 0 Å². The molecule has 0 radical (unpaired) electrons. The standard InChI is InChI=1S/3C16H18BrFN4O4S2/c3*1-26-6-5-22-14(15(23)20-10-2-3-12(18)11(17)8-10)9-13(21-28(22,24)25)16-19-4-7-27-16/h3*2-4,7-8,13-14,21H,5-6,9H2,1H3,(H,20,23)/t2*13-,14+;/m10./s1. The number of ether oxygens (including phenoxy) is 3. The van der Waals surface area contributed by atoms with Gasteiger partial charge >= 0.3 is 0 Å². The van der Waals surface area contributed by atoms with Gasteiger partial charge in [0, 0.05) is 92.8 Å². The molecule has 36 heteroatoms. The van der Waals surface area contributed by atoms with Gasteiger partial charge in [-0.1, -0.05) is 0 Å². The van der Waals surface area contributed by atoms with Crippen LogP contribution >= 0.6 is 81.8 Å². The third-order valence-corrected chi connectivity index (χ3v) is 21.9. The average molecular weight is 1480 g/mol. The number of anilines is 3. The number of thiazole rings is 3.